The topological polar surface area (TPSA) is 55.8 Å². The van der Waals surface area contributed by atoms with Crippen LogP contribution in [0.2, 0.25) is 0 Å². The summed E-state index contributed by atoms with van der Waals surface area (Å²) in [5.41, 5.74) is -1.15. The Hall–Kier alpha value is -0.650. The number of piperidine rings is 1. The van der Waals surface area contributed by atoms with Crippen LogP contribution in [-0.4, -0.2) is 71.7 Å². The van der Waals surface area contributed by atoms with Gasteiger partial charge >= 0.3 is 0 Å². The maximum Gasteiger partial charge on any atom is 0.242 e. The summed E-state index contributed by atoms with van der Waals surface area (Å²) in [7, 11) is 1.85. The molecule has 18 heavy (non-hydrogen) atoms. The summed E-state index contributed by atoms with van der Waals surface area (Å²) in [6.07, 6.45) is 1.53. The number of aliphatic hydroxyl groups is 1. The van der Waals surface area contributed by atoms with Crippen LogP contribution in [0, 0.1) is 0 Å². The van der Waals surface area contributed by atoms with Crippen molar-refractivity contribution in [2.24, 2.45) is 0 Å². The fourth-order valence-electron chi connectivity index (χ4n) is 2.94. The van der Waals surface area contributed by atoms with E-state index in [1.54, 1.807) is 4.90 Å². The first-order chi connectivity index (χ1) is 8.35. The smallest absolute Gasteiger partial charge is 0.242 e. The van der Waals surface area contributed by atoms with E-state index in [1.165, 1.54) is 0 Å². The monoisotopic (exact) mass is 255 g/mol. The molecule has 0 unspecified atom stereocenters. The van der Waals surface area contributed by atoms with Crippen molar-refractivity contribution in [3.8, 4) is 0 Å². The molecular formula is C13H25N3O2. The van der Waals surface area contributed by atoms with Crippen molar-refractivity contribution in [2.45, 2.75) is 37.8 Å². The molecule has 0 radical (unpaired) electrons. The SMILES string of the molecule is CN1CCN(CC2(O)CCNCC2)C(C)(C)C1=O. The Morgan fingerprint density at radius 2 is 1.89 bits per heavy atom. The standard InChI is InChI=1S/C13H25N3O2/c1-12(2)11(17)15(3)8-9-16(12)10-13(18)4-6-14-7-5-13/h14,18H,4-10H2,1-3H3. The van der Waals surface area contributed by atoms with Crippen LogP contribution in [0.4, 0.5) is 0 Å². The van der Waals surface area contributed by atoms with Crippen LogP contribution in [0.25, 0.3) is 0 Å². The molecule has 5 nitrogen and oxygen atoms in total. The Labute approximate surface area is 109 Å². The molecule has 0 aromatic carbocycles. The van der Waals surface area contributed by atoms with Gasteiger partial charge in [0.2, 0.25) is 5.91 Å². The molecule has 2 rings (SSSR count). The van der Waals surface area contributed by atoms with Crippen LogP contribution < -0.4 is 5.32 Å². The van der Waals surface area contributed by atoms with Crippen molar-refractivity contribution in [1.82, 2.24) is 15.1 Å². The Morgan fingerprint density at radius 3 is 2.50 bits per heavy atom. The predicted octanol–water partition coefficient (Wildman–Crippen LogP) is -0.346. The van der Waals surface area contributed by atoms with Crippen LogP contribution in [0.1, 0.15) is 26.7 Å². The highest BCUT2D eigenvalue weighted by atomic mass is 16.3. The van der Waals surface area contributed by atoms with Crippen LogP contribution in [-0.2, 0) is 4.79 Å². The summed E-state index contributed by atoms with van der Waals surface area (Å²) < 4.78 is 0. The minimum atomic E-state index is -0.640. The molecule has 0 atom stereocenters. The minimum absolute atomic E-state index is 0.145. The summed E-state index contributed by atoms with van der Waals surface area (Å²) >= 11 is 0. The third kappa shape index (κ3) is 2.53. The van der Waals surface area contributed by atoms with Crippen molar-refractivity contribution in [3.63, 3.8) is 0 Å². The van der Waals surface area contributed by atoms with Crippen molar-refractivity contribution < 1.29 is 9.90 Å². The van der Waals surface area contributed by atoms with Gasteiger partial charge in [0, 0.05) is 26.7 Å². The third-order valence-corrected chi connectivity index (χ3v) is 4.39. The molecule has 2 aliphatic heterocycles. The normalized spacial score (nSPS) is 28.4. The summed E-state index contributed by atoms with van der Waals surface area (Å²) in [5, 5.41) is 13.9. The van der Waals surface area contributed by atoms with Crippen molar-refractivity contribution in [2.75, 3.05) is 39.8 Å². The zero-order valence-electron chi connectivity index (χ0n) is 11.7. The highest BCUT2D eigenvalue weighted by Gasteiger charge is 2.44. The van der Waals surface area contributed by atoms with Crippen molar-refractivity contribution >= 4 is 5.91 Å². The van der Waals surface area contributed by atoms with Gasteiger partial charge in [0.15, 0.2) is 0 Å². The molecule has 0 aromatic heterocycles. The number of hydrogen-bond donors (Lipinski definition) is 2. The van der Waals surface area contributed by atoms with Gasteiger partial charge in [-0.15, -0.1) is 0 Å². The van der Waals surface area contributed by atoms with Crippen LogP contribution >= 0.6 is 0 Å². The number of carbonyl (C=O) groups excluding carboxylic acids is 1. The zero-order chi connectivity index (χ0) is 13.4. The third-order valence-electron chi connectivity index (χ3n) is 4.39. The lowest BCUT2D eigenvalue weighted by molar-refractivity contribution is -0.151. The number of piperazine rings is 1. The van der Waals surface area contributed by atoms with E-state index in [2.05, 4.69) is 10.2 Å². The molecule has 0 bridgehead atoms. The number of nitrogens with one attached hydrogen (secondary N) is 1. The van der Waals surface area contributed by atoms with E-state index in [9.17, 15) is 9.90 Å². The molecule has 104 valence electrons. The molecule has 5 heteroatoms. The molecule has 2 heterocycles. The van der Waals surface area contributed by atoms with Gasteiger partial charge in [-0.2, -0.15) is 0 Å². The van der Waals surface area contributed by atoms with E-state index >= 15 is 0 Å². The maximum atomic E-state index is 12.2. The molecule has 0 saturated carbocycles. The second-order valence-electron chi connectivity index (χ2n) is 6.18. The van der Waals surface area contributed by atoms with E-state index in [0.29, 0.717) is 6.54 Å². The number of amides is 1. The molecular weight excluding hydrogens is 230 g/mol. The zero-order valence-corrected chi connectivity index (χ0v) is 11.7. The Morgan fingerprint density at radius 1 is 1.28 bits per heavy atom. The Kier molecular flexibility index (Phi) is 3.67. The molecule has 2 aliphatic rings. The first kappa shape index (κ1) is 13.8. The van der Waals surface area contributed by atoms with Crippen LogP contribution in [0.5, 0.6) is 0 Å². The highest BCUT2D eigenvalue weighted by Crippen LogP contribution is 2.27. The number of nitrogens with zero attached hydrogens (tertiary/aromatic N) is 2. The average molecular weight is 255 g/mol. The number of β-amino-alcohol motifs (C(OH)–C–C–N with tert-alkyl or cyclic N) is 1. The van der Waals surface area contributed by atoms with Gasteiger partial charge in [-0.05, 0) is 39.8 Å². The summed E-state index contributed by atoms with van der Waals surface area (Å²) in [5.74, 6) is 0.145. The van der Waals surface area contributed by atoms with Gasteiger partial charge < -0.3 is 15.3 Å². The number of rotatable bonds is 2. The van der Waals surface area contributed by atoms with Gasteiger partial charge in [0.1, 0.15) is 0 Å². The first-order valence-corrected chi connectivity index (χ1v) is 6.79. The van der Waals surface area contributed by atoms with Gasteiger partial charge in [-0.3, -0.25) is 9.69 Å². The lowest BCUT2D eigenvalue weighted by atomic mass is 9.88. The largest absolute Gasteiger partial charge is 0.388 e. The molecule has 2 N–H and O–H groups in total. The van der Waals surface area contributed by atoms with Gasteiger partial charge in [0.05, 0.1) is 11.1 Å². The van der Waals surface area contributed by atoms with Crippen molar-refractivity contribution in [3.05, 3.63) is 0 Å². The second kappa shape index (κ2) is 4.79. The molecule has 0 spiro atoms. The van der Waals surface area contributed by atoms with E-state index in [1.807, 2.05) is 20.9 Å². The van der Waals surface area contributed by atoms with E-state index in [0.717, 1.165) is 39.0 Å². The second-order valence-corrected chi connectivity index (χ2v) is 6.18. The first-order valence-electron chi connectivity index (χ1n) is 6.79. The fourth-order valence-corrected chi connectivity index (χ4v) is 2.94. The van der Waals surface area contributed by atoms with Crippen molar-refractivity contribution in [1.29, 1.82) is 0 Å². The van der Waals surface area contributed by atoms with Gasteiger partial charge in [-0.25, -0.2) is 0 Å². The van der Waals surface area contributed by atoms with E-state index < -0.39 is 11.1 Å². The fraction of sp³-hybridized carbons (Fsp3) is 0.923. The molecule has 1 amide bonds. The lowest BCUT2D eigenvalue weighted by Crippen LogP contribution is -2.65. The average Bonchev–Trinajstić information content (AvgIpc) is 2.32. The van der Waals surface area contributed by atoms with Gasteiger partial charge in [0.25, 0.3) is 0 Å². The van der Waals surface area contributed by atoms with Gasteiger partial charge in [-0.1, -0.05) is 0 Å². The predicted molar refractivity (Wildman–Crippen MR) is 70.3 cm³/mol. The number of likely N-dealkylation sites (N-methyl/N-ethyl adjacent to an activating group) is 1. The summed E-state index contributed by atoms with van der Waals surface area (Å²) in [6, 6.07) is 0. The summed E-state index contributed by atoms with van der Waals surface area (Å²) in [6.45, 7) is 7.81. The van der Waals surface area contributed by atoms with E-state index in [4.69, 9.17) is 0 Å². The van der Waals surface area contributed by atoms with Crippen LogP contribution in [0.15, 0.2) is 0 Å². The van der Waals surface area contributed by atoms with Crippen LogP contribution in [0.3, 0.4) is 0 Å². The molecule has 2 fully saturated rings. The Bertz CT molecular complexity index is 324. The number of hydrogen-bond acceptors (Lipinski definition) is 4. The highest BCUT2D eigenvalue weighted by molar-refractivity contribution is 5.86. The molecule has 0 aliphatic carbocycles. The van der Waals surface area contributed by atoms with E-state index in [-0.39, 0.29) is 5.91 Å². The maximum absolute atomic E-state index is 12.2. The minimum Gasteiger partial charge on any atom is -0.388 e. The lowest BCUT2D eigenvalue weighted by Gasteiger charge is -2.48. The quantitative estimate of drug-likeness (QED) is 0.708. The summed E-state index contributed by atoms with van der Waals surface area (Å²) in [4.78, 5) is 16.1. The molecule has 0 aromatic rings. The Balaban J connectivity index is 2.06. The number of carbonyl (C=O) groups is 1. The molecule has 2 saturated heterocycles.